The monoisotopic (exact) mass is 466 g/mol. The first kappa shape index (κ1) is 20.5. The van der Waals surface area contributed by atoms with Gasteiger partial charge in [-0.2, -0.15) is 0 Å². The molecule has 1 fully saturated rings. The number of halogens is 1. The second-order valence-electron chi connectivity index (χ2n) is 6.49. The second kappa shape index (κ2) is 9.75. The van der Waals surface area contributed by atoms with E-state index >= 15 is 0 Å². The summed E-state index contributed by atoms with van der Waals surface area (Å²) in [6, 6.07) is 14.7. The Kier molecular flexibility index (Phi) is 7.68. The molecule has 1 aliphatic carbocycles. The molecule has 2 N–H and O–H groups in total. The zero-order chi connectivity index (χ0) is 17.5. The highest BCUT2D eigenvalue weighted by molar-refractivity contribution is 14.0. The first-order valence-electron chi connectivity index (χ1n) is 8.75. The Bertz CT molecular complexity index is 717. The highest BCUT2D eigenvalue weighted by Crippen LogP contribution is 2.43. The minimum atomic E-state index is 0. The maximum absolute atomic E-state index is 5.17. The molecule has 1 saturated carbocycles. The van der Waals surface area contributed by atoms with Crippen LogP contribution in [0.2, 0.25) is 0 Å². The molecule has 1 aliphatic rings. The Balaban J connectivity index is 0.00000243. The van der Waals surface area contributed by atoms with E-state index in [-0.39, 0.29) is 29.4 Å². The third-order valence-corrected chi connectivity index (χ3v) is 4.98. The van der Waals surface area contributed by atoms with Gasteiger partial charge in [-0.3, -0.25) is 4.99 Å². The lowest BCUT2D eigenvalue weighted by molar-refractivity contribution is 0.244. The SMILES string of the molecule is CN=C(NCc1ccnc(OC)c1)NCC1(c2ccccc2)CCC1.I. The molecule has 0 unspecified atom stereocenters. The van der Waals surface area contributed by atoms with Gasteiger partial charge in [0.2, 0.25) is 5.88 Å². The number of ether oxygens (including phenoxy) is 1. The quantitative estimate of drug-likeness (QED) is 0.389. The molecular formula is C20H27IN4O. The molecular weight excluding hydrogens is 439 g/mol. The number of hydrogen-bond donors (Lipinski definition) is 2. The highest BCUT2D eigenvalue weighted by atomic mass is 127. The standard InChI is InChI=1S/C20H26N4O.HI/c1-21-19(23-14-16-9-12-22-18(13-16)25-2)24-15-20(10-6-11-20)17-7-4-3-5-8-17;/h3-5,7-9,12-13H,6,10-11,14-15H2,1-2H3,(H2,21,23,24);1H. The summed E-state index contributed by atoms with van der Waals surface area (Å²) in [4.78, 5) is 8.48. The van der Waals surface area contributed by atoms with E-state index in [0.29, 0.717) is 12.4 Å². The van der Waals surface area contributed by atoms with Gasteiger partial charge in [0.1, 0.15) is 0 Å². The van der Waals surface area contributed by atoms with Gasteiger partial charge in [-0.1, -0.05) is 36.8 Å². The van der Waals surface area contributed by atoms with Gasteiger partial charge >= 0.3 is 0 Å². The first-order valence-corrected chi connectivity index (χ1v) is 8.75. The maximum atomic E-state index is 5.17. The molecule has 1 heterocycles. The molecule has 0 radical (unpaired) electrons. The van der Waals surface area contributed by atoms with Gasteiger partial charge in [0.15, 0.2) is 5.96 Å². The third-order valence-electron chi connectivity index (χ3n) is 4.98. The minimum absolute atomic E-state index is 0. The lowest BCUT2D eigenvalue weighted by atomic mass is 9.64. The summed E-state index contributed by atoms with van der Waals surface area (Å²) < 4.78 is 5.17. The molecule has 0 saturated heterocycles. The molecule has 6 heteroatoms. The fraction of sp³-hybridized carbons (Fsp3) is 0.400. The highest BCUT2D eigenvalue weighted by Gasteiger charge is 2.38. The van der Waals surface area contributed by atoms with Gasteiger partial charge in [-0.25, -0.2) is 4.98 Å². The van der Waals surface area contributed by atoms with Crippen molar-refractivity contribution in [2.24, 2.45) is 4.99 Å². The van der Waals surface area contributed by atoms with Crippen LogP contribution in [0.4, 0.5) is 0 Å². The lowest BCUT2D eigenvalue weighted by Crippen LogP contribution is -2.48. The van der Waals surface area contributed by atoms with Crippen molar-refractivity contribution in [3.8, 4) is 5.88 Å². The average Bonchev–Trinajstić information content (AvgIpc) is 2.64. The van der Waals surface area contributed by atoms with E-state index in [1.165, 1.54) is 24.8 Å². The van der Waals surface area contributed by atoms with Crippen molar-refractivity contribution in [1.82, 2.24) is 15.6 Å². The molecule has 5 nitrogen and oxygen atoms in total. The molecule has 0 atom stereocenters. The molecule has 1 aromatic heterocycles. The van der Waals surface area contributed by atoms with Crippen LogP contribution in [0, 0.1) is 0 Å². The number of aromatic nitrogens is 1. The largest absolute Gasteiger partial charge is 0.481 e. The van der Waals surface area contributed by atoms with Crippen molar-refractivity contribution in [2.45, 2.75) is 31.2 Å². The van der Waals surface area contributed by atoms with Gasteiger partial charge in [-0.05, 0) is 30.0 Å². The Morgan fingerprint density at radius 3 is 2.58 bits per heavy atom. The number of pyridine rings is 1. The van der Waals surface area contributed by atoms with Crippen LogP contribution in [-0.2, 0) is 12.0 Å². The molecule has 2 aromatic rings. The Hall–Kier alpha value is -1.83. The van der Waals surface area contributed by atoms with Crippen molar-refractivity contribution >= 4 is 29.9 Å². The van der Waals surface area contributed by atoms with Gasteiger partial charge in [0, 0.05) is 37.8 Å². The van der Waals surface area contributed by atoms with Gasteiger partial charge < -0.3 is 15.4 Å². The van der Waals surface area contributed by atoms with E-state index in [2.05, 4.69) is 50.9 Å². The van der Waals surface area contributed by atoms with E-state index in [0.717, 1.165) is 18.1 Å². The molecule has 26 heavy (non-hydrogen) atoms. The molecule has 3 rings (SSSR count). The minimum Gasteiger partial charge on any atom is -0.481 e. The van der Waals surface area contributed by atoms with Crippen molar-refractivity contribution in [3.05, 3.63) is 59.8 Å². The lowest BCUT2D eigenvalue weighted by Gasteiger charge is -2.43. The van der Waals surface area contributed by atoms with Crippen LogP contribution in [0.3, 0.4) is 0 Å². The molecule has 0 amide bonds. The van der Waals surface area contributed by atoms with Crippen LogP contribution in [0.15, 0.2) is 53.7 Å². The predicted octanol–water partition coefficient (Wildman–Crippen LogP) is 3.50. The summed E-state index contributed by atoms with van der Waals surface area (Å²) in [5.74, 6) is 1.44. The Morgan fingerprint density at radius 2 is 1.96 bits per heavy atom. The van der Waals surface area contributed by atoms with E-state index in [4.69, 9.17) is 4.74 Å². The fourth-order valence-electron chi connectivity index (χ4n) is 3.29. The third kappa shape index (κ3) is 4.87. The van der Waals surface area contributed by atoms with Crippen molar-refractivity contribution in [2.75, 3.05) is 20.7 Å². The number of nitrogens with zero attached hydrogens (tertiary/aromatic N) is 2. The number of hydrogen-bond acceptors (Lipinski definition) is 3. The van der Waals surface area contributed by atoms with Gasteiger partial charge in [0.05, 0.1) is 7.11 Å². The summed E-state index contributed by atoms with van der Waals surface area (Å²) in [5.41, 5.74) is 2.76. The van der Waals surface area contributed by atoms with E-state index in [9.17, 15) is 0 Å². The van der Waals surface area contributed by atoms with Crippen LogP contribution in [0.25, 0.3) is 0 Å². The number of rotatable bonds is 6. The van der Waals surface area contributed by atoms with Crippen molar-refractivity contribution in [3.63, 3.8) is 0 Å². The van der Waals surface area contributed by atoms with Crippen LogP contribution >= 0.6 is 24.0 Å². The van der Waals surface area contributed by atoms with Crippen LogP contribution in [0.5, 0.6) is 5.88 Å². The second-order valence-corrected chi connectivity index (χ2v) is 6.49. The van der Waals surface area contributed by atoms with Crippen molar-refractivity contribution in [1.29, 1.82) is 0 Å². The molecule has 0 bridgehead atoms. The van der Waals surface area contributed by atoms with Crippen LogP contribution in [0.1, 0.15) is 30.4 Å². The molecule has 140 valence electrons. The summed E-state index contributed by atoms with van der Waals surface area (Å²) in [6.45, 7) is 1.58. The summed E-state index contributed by atoms with van der Waals surface area (Å²) in [7, 11) is 3.43. The predicted molar refractivity (Wildman–Crippen MR) is 116 cm³/mol. The zero-order valence-electron chi connectivity index (χ0n) is 15.4. The molecule has 1 aromatic carbocycles. The van der Waals surface area contributed by atoms with Gasteiger partial charge in [0.25, 0.3) is 0 Å². The van der Waals surface area contributed by atoms with Gasteiger partial charge in [-0.15, -0.1) is 24.0 Å². The first-order chi connectivity index (χ1) is 12.3. The number of benzene rings is 1. The van der Waals surface area contributed by atoms with E-state index in [1.807, 2.05) is 12.1 Å². The maximum Gasteiger partial charge on any atom is 0.213 e. The number of guanidine groups is 1. The van der Waals surface area contributed by atoms with Crippen LogP contribution in [-0.4, -0.2) is 31.6 Å². The fourth-order valence-corrected chi connectivity index (χ4v) is 3.29. The van der Waals surface area contributed by atoms with E-state index in [1.54, 1.807) is 20.4 Å². The number of nitrogens with one attached hydrogen (secondary N) is 2. The zero-order valence-corrected chi connectivity index (χ0v) is 17.7. The summed E-state index contributed by atoms with van der Waals surface area (Å²) in [5, 5.41) is 6.87. The van der Waals surface area contributed by atoms with E-state index < -0.39 is 0 Å². The molecule has 0 spiro atoms. The summed E-state index contributed by atoms with van der Waals surface area (Å²) >= 11 is 0. The average molecular weight is 466 g/mol. The van der Waals surface area contributed by atoms with Crippen LogP contribution < -0.4 is 15.4 Å². The smallest absolute Gasteiger partial charge is 0.213 e. The number of aliphatic imine (C=N–C) groups is 1. The molecule has 0 aliphatic heterocycles. The normalized spacial score (nSPS) is 15.4. The number of methoxy groups -OCH3 is 1. The topological polar surface area (TPSA) is 58.5 Å². The Labute approximate surface area is 172 Å². The Morgan fingerprint density at radius 1 is 1.19 bits per heavy atom. The van der Waals surface area contributed by atoms with Crippen molar-refractivity contribution < 1.29 is 4.74 Å². The summed E-state index contributed by atoms with van der Waals surface area (Å²) in [6.07, 6.45) is 5.50.